The zero-order valence-corrected chi connectivity index (χ0v) is 11.0. The van der Waals surface area contributed by atoms with Gasteiger partial charge in [0.05, 0.1) is 18.7 Å². The first-order chi connectivity index (χ1) is 7.56. The number of halogens is 1. The lowest BCUT2D eigenvalue weighted by Gasteiger charge is -2.24. The van der Waals surface area contributed by atoms with Gasteiger partial charge >= 0.3 is 5.97 Å². The van der Waals surface area contributed by atoms with Crippen molar-refractivity contribution in [2.45, 2.75) is 6.92 Å². The number of allylic oxidation sites excluding steroid dienone is 3. The van der Waals surface area contributed by atoms with E-state index in [0.29, 0.717) is 15.8 Å². The van der Waals surface area contributed by atoms with Crippen LogP contribution in [0.3, 0.4) is 0 Å². The van der Waals surface area contributed by atoms with E-state index in [4.69, 9.17) is 15.2 Å². The van der Waals surface area contributed by atoms with Gasteiger partial charge in [-0.15, -0.1) is 0 Å². The maximum atomic E-state index is 11.5. The fourth-order valence-electron chi connectivity index (χ4n) is 1.62. The quantitative estimate of drug-likeness (QED) is 0.787. The van der Waals surface area contributed by atoms with E-state index < -0.39 is 0 Å². The third-order valence-electron chi connectivity index (χ3n) is 2.50. The molecule has 2 N–H and O–H groups in total. The molecule has 4 nitrogen and oxygen atoms in total. The van der Waals surface area contributed by atoms with Crippen LogP contribution in [0.4, 0.5) is 0 Å². The first-order valence-corrected chi connectivity index (χ1v) is 5.51. The molecule has 0 fully saturated rings. The SMILES string of the molecule is COC(=O)C1=CC(Br)=C(OC)/C(=C/N)C1C. The van der Waals surface area contributed by atoms with Gasteiger partial charge in [0, 0.05) is 23.3 Å². The molecule has 5 heteroatoms. The van der Waals surface area contributed by atoms with Gasteiger partial charge in [0.25, 0.3) is 0 Å². The highest BCUT2D eigenvalue weighted by Gasteiger charge is 2.29. The van der Waals surface area contributed by atoms with Crippen LogP contribution in [-0.2, 0) is 14.3 Å². The van der Waals surface area contributed by atoms with E-state index in [1.807, 2.05) is 6.92 Å². The predicted molar refractivity (Wildman–Crippen MR) is 64.5 cm³/mol. The molecular formula is C11H14BrNO3. The average Bonchev–Trinajstić information content (AvgIpc) is 2.29. The van der Waals surface area contributed by atoms with Crippen LogP contribution in [0.15, 0.2) is 33.7 Å². The van der Waals surface area contributed by atoms with E-state index in [-0.39, 0.29) is 11.9 Å². The third kappa shape index (κ3) is 2.14. The van der Waals surface area contributed by atoms with Crippen LogP contribution in [0.5, 0.6) is 0 Å². The second-order valence-electron chi connectivity index (χ2n) is 3.32. The van der Waals surface area contributed by atoms with E-state index in [0.717, 1.165) is 5.57 Å². The number of nitrogens with two attached hydrogens (primary N) is 1. The smallest absolute Gasteiger partial charge is 0.334 e. The highest BCUT2D eigenvalue weighted by atomic mass is 79.9. The summed E-state index contributed by atoms with van der Waals surface area (Å²) in [7, 11) is 2.91. The molecule has 0 spiro atoms. The summed E-state index contributed by atoms with van der Waals surface area (Å²) in [5, 5.41) is 0. The Labute approximate surface area is 103 Å². The summed E-state index contributed by atoms with van der Waals surface area (Å²) in [6.07, 6.45) is 3.14. The number of rotatable bonds is 2. The zero-order valence-electron chi connectivity index (χ0n) is 9.41. The molecule has 0 amide bonds. The minimum atomic E-state index is -0.362. The fourth-order valence-corrected chi connectivity index (χ4v) is 2.26. The van der Waals surface area contributed by atoms with E-state index in [1.54, 1.807) is 13.2 Å². The van der Waals surface area contributed by atoms with Crippen molar-refractivity contribution in [2.24, 2.45) is 11.7 Å². The lowest BCUT2D eigenvalue weighted by molar-refractivity contribution is -0.136. The first kappa shape index (κ1) is 12.8. The number of methoxy groups -OCH3 is 2. The average molecular weight is 288 g/mol. The van der Waals surface area contributed by atoms with Crippen molar-refractivity contribution in [1.29, 1.82) is 0 Å². The standard InChI is InChI=1S/C11H14BrNO3/c1-6-7(11(14)16-3)4-9(12)10(15-2)8(6)5-13/h4-6H,13H2,1-3H3/b8-5+. The van der Waals surface area contributed by atoms with Crippen molar-refractivity contribution in [3.63, 3.8) is 0 Å². The molecular weight excluding hydrogens is 274 g/mol. The minimum absolute atomic E-state index is 0.145. The topological polar surface area (TPSA) is 61.5 Å². The molecule has 1 aliphatic carbocycles. The Balaban J connectivity index is 3.26. The highest BCUT2D eigenvalue weighted by molar-refractivity contribution is 9.11. The molecule has 0 bridgehead atoms. The molecule has 0 aliphatic heterocycles. The summed E-state index contributed by atoms with van der Waals surface area (Å²) in [6, 6.07) is 0. The van der Waals surface area contributed by atoms with Crippen LogP contribution >= 0.6 is 15.9 Å². The van der Waals surface area contributed by atoms with Crippen LogP contribution in [0, 0.1) is 5.92 Å². The van der Waals surface area contributed by atoms with E-state index in [1.165, 1.54) is 13.3 Å². The van der Waals surface area contributed by atoms with Gasteiger partial charge in [-0.2, -0.15) is 0 Å². The molecule has 0 aromatic rings. The Kier molecular flexibility index (Phi) is 4.18. The number of hydrogen-bond donors (Lipinski definition) is 1. The summed E-state index contributed by atoms with van der Waals surface area (Å²) in [4.78, 5) is 11.5. The molecule has 1 aliphatic rings. The molecule has 0 saturated heterocycles. The molecule has 88 valence electrons. The fraction of sp³-hybridized carbons (Fsp3) is 0.364. The van der Waals surface area contributed by atoms with Crippen molar-refractivity contribution in [1.82, 2.24) is 0 Å². The monoisotopic (exact) mass is 287 g/mol. The van der Waals surface area contributed by atoms with Crippen molar-refractivity contribution >= 4 is 21.9 Å². The maximum absolute atomic E-state index is 11.5. The Hall–Kier alpha value is -1.23. The molecule has 0 aromatic heterocycles. The highest BCUT2D eigenvalue weighted by Crippen LogP contribution is 2.36. The second-order valence-corrected chi connectivity index (χ2v) is 4.17. The van der Waals surface area contributed by atoms with Crippen molar-refractivity contribution in [2.75, 3.05) is 14.2 Å². The number of ether oxygens (including phenoxy) is 2. The molecule has 0 saturated carbocycles. The van der Waals surface area contributed by atoms with Crippen molar-refractivity contribution < 1.29 is 14.3 Å². The van der Waals surface area contributed by atoms with E-state index in [2.05, 4.69) is 15.9 Å². The number of carbonyl (C=O) groups excluding carboxylic acids is 1. The van der Waals surface area contributed by atoms with E-state index >= 15 is 0 Å². The second kappa shape index (κ2) is 5.21. The lowest BCUT2D eigenvalue weighted by atomic mass is 9.87. The summed E-state index contributed by atoms with van der Waals surface area (Å²) in [6.45, 7) is 1.87. The Morgan fingerprint density at radius 1 is 1.56 bits per heavy atom. The minimum Gasteiger partial charge on any atom is -0.495 e. The molecule has 0 radical (unpaired) electrons. The molecule has 1 rings (SSSR count). The van der Waals surface area contributed by atoms with Crippen LogP contribution in [-0.4, -0.2) is 20.2 Å². The zero-order chi connectivity index (χ0) is 12.3. The summed E-state index contributed by atoms with van der Waals surface area (Å²) >= 11 is 3.34. The van der Waals surface area contributed by atoms with Gasteiger partial charge in [-0.25, -0.2) is 4.79 Å². The third-order valence-corrected chi connectivity index (χ3v) is 3.09. The van der Waals surface area contributed by atoms with Crippen molar-refractivity contribution in [3.05, 3.63) is 33.7 Å². The summed E-state index contributed by atoms with van der Waals surface area (Å²) in [5.74, 6) is 0.135. The van der Waals surface area contributed by atoms with Gasteiger partial charge in [0.15, 0.2) is 0 Å². The van der Waals surface area contributed by atoms with Gasteiger partial charge in [-0.3, -0.25) is 0 Å². The molecule has 0 aromatic carbocycles. The van der Waals surface area contributed by atoms with Gasteiger partial charge in [-0.05, 0) is 22.0 Å². The first-order valence-electron chi connectivity index (χ1n) is 4.72. The van der Waals surface area contributed by atoms with Crippen LogP contribution in [0.25, 0.3) is 0 Å². The number of hydrogen-bond acceptors (Lipinski definition) is 4. The maximum Gasteiger partial charge on any atom is 0.334 e. The summed E-state index contributed by atoms with van der Waals surface area (Å²) < 4.78 is 10.6. The molecule has 1 unspecified atom stereocenters. The Morgan fingerprint density at radius 3 is 2.62 bits per heavy atom. The number of carbonyl (C=O) groups is 1. The van der Waals surface area contributed by atoms with Gasteiger partial charge in [-0.1, -0.05) is 6.92 Å². The van der Waals surface area contributed by atoms with Crippen molar-refractivity contribution in [3.8, 4) is 0 Å². The Bertz CT molecular complexity index is 396. The largest absolute Gasteiger partial charge is 0.495 e. The number of esters is 1. The van der Waals surface area contributed by atoms with Gasteiger partial charge < -0.3 is 15.2 Å². The molecule has 1 atom stereocenters. The Morgan fingerprint density at radius 2 is 2.19 bits per heavy atom. The van der Waals surface area contributed by atoms with Gasteiger partial charge in [0.1, 0.15) is 5.76 Å². The summed E-state index contributed by atoms with van der Waals surface area (Å²) in [5.41, 5.74) is 6.86. The van der Waals surface area contributed by atoms with Crippen LogP contribution < -0.4 is 5.73 Å². The van der Waals surface area contributed by atoms with E-state index in [9.17, 15) is 4.79 Å². The molecule has 16 heavy (non-hydrogen) atoms. The lowest BCUT2D eigenvalue weighted by Crippen LogP contribution is -2.20. The van der Waals surface area contributed by atoms with Crippen LogP contribution in [0.1, 0.15) is 6.92 Å². The molecule has 0 heterocycles. The van der Waals surface area contributed by atoms with Gasteiger partial charge in [0.2, 0.25) is 0 Å². The normalized spacial score (nSPS) is 23.1. The predicted octanol–water partition coefficient (Wildman–Crippen LogP) is 1.83. The van der Waals surface area contributed by atoms with Crippen LogP contribution in [0.2, 0.25) is 0 Å².